The van der Waals surface area contributed by atoms with Crippen LogP contribution >= 0.6 is 11.6 Å². The summed E-state index contributed by atoms with van der Waals surface area (Å²) in [5.41, 5.74) is 1.11. The summed E-state index contributed by atoms with van der Waals surface area (Å²) in [5.74, 6) is 0. The molecule has 0 N–H and O–H groups in total. The third-order valence-electron chi connectivity index (χ3n) is 1.90. The first-order chi connectivity index (χ1) is 5.75. The van der Waals surface area contributed by atoms with Crippen LogP contribution in [0.5, 0.6) is 0 Å². The summed E-state index contributed by atoms with van der Waals surface area (Å²) < 4.78 is 5.13. The Labute approximate surface area is 78.3 Å². The summed E-state index contributed by atoms with van der Waals surface area (Å²) >= 11 is 6.13. The molecule has 1 nitrogen and oxygen atoms in total. The molecular weight excluding hydrogens is 172 g/mol. The Bertz CT molecular complexity index is 223. The van der Waals surface area contributed by atoms with Crippen LogP contribution in [0.4, 0.5) is 0 Å². The lowest BCUT2D eigenvalue weighted by molar-refractivity contribution is 0.114. The predicted octanol–water partition coefficient (Wildman–Crippen LogP) is 3.00. The van der Waals surface area contributed by atoms with Gasteiger partial charge in [-0.1, -0.05) is 30.3 Å². The van der Waals surface area contributed by atoms with Gasteiger partial charge in [0, 0.05) is 7.11 Å². The molecule has 2 heteroatoms. The Morgan fingerprint density at radius 2 is 1.83 bits per heavy atom. The topological polar surface area (TPSA) is 9.23 Å². The van der Waals surface area contributed by atoms with E-state index in [9.17, 15) is 0 Å². The second-order valence-electron chi connectivity index (χ2n) is 2.75. The van der Waals surface area contributed by atoms with E-state index in [-0.39, 0.29) is 11.5 Å². The Kier molecular flexibility index (Phi) is 3.57. The largest absolute Gasteiger partial charge is 0.380 e. The molecule has 1 rings (SSSR count). The molecule has 0 aliphatic carbocycles. The highest BCUT2D eigenvalue weighted by Crippen LogP contribution is 2.25. The van der Waals surface area contributed by atoms with E-state index in [4.69, 9.17) is 16.3 Å². The summed E-state index contributed by atoms with van der Waals surface area (Å²) in [5, 5.41) is -0.0591. The van der Waals surface area contributed by atoms with E-state index < -0.39 is 0 Å². The minimum atomic E-state index is -0.0591. The molecule has 1 aromatic rings. The summed E-state index contributed by atoms with van der Waals surface area (Å²) in [6.07, 6.45) is 0.0501. The second-order valence-corrected chi connectivity index (χ2v) is 3.22. The standard InChI is InChI=1S/C10H13ClO/c1-8(12-2)10(11)9-6-4-3-5-7-9/h3-8,10H,1-2H3/t8-,10-/m1/s1. The first kappa shape index (κ1) is 9.56. The van der Waals surface area contributed by atoms with Crippen LogP contribution in [0.3, 0.4) is 0 Å². The van der Waals surface area contributed by atoms with Crippen LogP contribution in [0.25, 0.3) is 0 Å². The van der Waals surface area contributed by atoms with Crippen LogP contribution in [0.15, 0.2) is 30.3 Å². The van der Waals surface area contributed by atoms with Crippen LogP contribution in [0.1, 0.15) is 17.9 Å². The van der Waals surface area contributed by atoms with Gasteiger partial charge in [0.2, 0.25) is 0 Å². The van der Waals surface area contributed by atoms with Crippen molar-refractivity contribution in [2.45, 2.75) is 18.4 Å². The summed E-state index contributed by atoms with van der Waals surface area (Å²) in [7, 11) is 1.67. The van der Waals surface area contributed by atoms with E-state index in [0.29, 0.717) is 0 Å². The number of methoxy groups -OCH3 is 1. The summed E-state index contributed by atoms with van der Waals surface area (Å²) in [4.78, 5) is 0. The van der Waals surface area contributed by atoms with E-state index in [1.807, 2.05) is 37.3 Å². The zero-order chi connectivity index (χ0) is 8.97. The van der Waals surface area contributed by atoms with E-state index in [1.54, 1.807) is 7.11 Å². The number of alkyl halides is 1. The summed E-state index contributed by atoms with van der Waals surface area (Å²) in [6.45, 7) is 1.96. The van der Waals surface area contributed by atoms with Crippen LogP contribution < -0.4 is 0 Å². The van der Waals surface area contributed by atoms with Crippen LogP contribution in [-0.4, -0.2) is 13.2 Å². The third kappa shape index (κ3) is 2.23. The molecule has 0 heterocycles. The smallest absolute Gasteiger partial charge is 0.0844 e. The number of halogens is 1. The molecule has 0 saturated carbocycles. The third-order valence-corrected chi connectivity index (χ3v) is 2.51. The molecule has 12 heavy (non-hydrogen) atoms. The molecule has 66 valence electrons. The van der Waals surface area contributed by atoms with Gasteiger partial charge in [-0.3, -0.25) is 0 Å². The highest BCUT2D eigenvalue weighted by atomic mass is 35.5. The quantitative estimate of drug-likeness (QED) is 0.657. The average molecular weight is 185 g/mol. The molecule has 2 atom stereocenters. The lowest BCUT2D eigenvalue weighted by Gasteiger charge is -2.16. The van der Waals surface area contributed by atoms with Crippen molar-refractivity contribution in [3.05, 3.63) is 35.9 Å². The molecular formula is C10H13ClO. The van der Waals surface area contributed by atoms with Gasteiger partial charge in [0.15, 0.2) is 0 Å². The van der Waals surface area contributed by atoms with Gasteiger partial charge in [-0.25, -0.2) is 0 Å². The zero-order valence-electron chi connectivity index (χ0n) is 7.33. The maximum Gasteiger partial charge on any atom is 0.0844 e. The van der Waals surface area contributed by atoms with Crippen molar-refractivity contribution in [1.82, 2.24) is 0 Å². The number of hydrogen-bond donors (Lipinski definition) is 0. The fourth-order valence-corrected chi connectivity index (χ4v) is 1.28. The highest BCUT2D eigenvalue weighted by Gasteiger charge is 2.14. The molecule has 0 spiro atoms. The number of rotatable bonds is 3. The normalized spacial score (nSPS) is 15.6. The van der Waals surface area contributed by atoms with Crippen LogP contribution in [-0.2, 0) is 4.74 Å². The fraction of sp³-hybridized carbons (Fsp3) is 0.400. The van der Waals surface area contributed by atoms with Crippen LogP contribution in [0.2, 0.25) is 0 Å². The van der Waals surface area contributed by atoms with Gasteiger partial charge in [0.1, 0.15) is 0 Å². The first-order valence-corrected chi connectivity index (χ1v) is 4.41. The number of ether oxygens (including phenoxy) is 1. The van der Waals surface area contributed by atoms with Gasteiger partial charge < -0.3 is 4.74 Å². The lowest BCUT2D eigenvalue weighted by Crippen LogP contribution is -2.11. The minimum Gasteiger partial charge on any atom is -0.380 e. The Morgan fingerprint density at radius 3 is 2.33 bits per heavy atom. The molecule has 0 unspecified atom stereocenters. The molecule has 1 aromatic carbocycles. The van der Waals surface area contributed by atoms with Crippen molar-refractivity contribution in [2.24, 2.45) is 0 Å². The Hall–Kier alpha value is -0.530. The van der Waals surface area contributed by atoms with E-state index in [1.165, 1.54) is 0 Å². The summed E-state index contributed by atoms with van der Waals surface area (Å²) in [6, 6.07) is 9.95. The number of benzene rings is 1. The maximum atomic E-state index is 6.13. The van der Waals surface area contributed by atoms with Crippen molar-refractivity contribution in [3.63, 3.8) is 0 Å². The van der Waals surface area contributed by atoms with Crippen molar-refractivity contribution >= 4 is 11.6 Å². The zero-order valence-corrected chi connectivity index (χ0v) is 8.08. The first-order valence-electron chi connectivity index (χ1n) is 3.97. The minimum absolute atomic E-state index is 0.0501. The predicted molar refractivity (Wildman–Crippen MR) is 51.5 cm³/mol. The van der Waals surface area contributed by atoms with Crippen molar-refractivity contribution in [1.29, 1.82) is 0 Å². The van der Waals surface area contributed by atoms with Crippen LogP contribution in [0, 0.1) is 0 Å². The van der Waals surface area contributed by atoms with E-state index in [2.05, 4.69) is 0 Å². The van der Waals surface area contributed by atoms with E-state index >= 15 is 0 Å². The molecule has 0 fully saturated rings. The molecule has 0 bridgehead atoms. The number of hydrogen-bond acceptors (Lipinski definition) is 1. The Morgan fingerprint density at radius 1 is 1.25 bits per heavy atom. The molecule has 0 saturated heterocycles. The van der Waals surface area contributed by atoms with Gasteiger partial charge in [-0.2, -0.15) is 0 Å². The molecule has 0 aliphatic rings. The molecule has 0 aliphatic heterocycles. The second kappa shape index (κ2) is 4.48. The fourth-order valence-electron chi connectivity index (χ4n) is 1.03. The Balaban J connectivity index is 2.71. The highest BCUT2D eigenvalue weighted by molar-refractivity contribution is 6.21. The molecule has 0 amide bonds. The van der Waals surface area contributed by atoms with Crippen molar-refractivity contribution in [3.8, 4) is 0 Å². The average Bonchev–Trinajstić information content (AvgIpc) is 2.17. The lowest BCUT2D eigenvalue weighted by atomic mass is 10.1. The van der Waals surface area contributed by atoms with Gasteiger partial charge >= 0.3 is 0 Å². The van der Waals surface area contributed by atoms with Gasteiger partial charge in [0.25, 0.3) is 0 Å². The maximum absolute atomic E-state index is 6.13. The van der Waals surface area contributed by atoms with Gasteiger partial charge in [0.05, 0.1) is 11.5 Å². The van der Waals surface area contributed by atoms with E-state index in [0.717, 1.165) is 5.56 Å². The van der Waals surface area contributed by atoms with Gasteiger partial charge in [-0.15, -0.1) is 11.6 Å². The molecule has 0 radical (unpaired) electrons. The van der Waals surface area contributed by atoms with Crippen molar-refractivity contribution in [2.75, 3.05) is 7.11 Å². The monoisotopic (exact) mass is 184 g/mol. The SMILES string of the molecule is CO[C@H](C)[C@@H](Cl)c1ccccc1. The molecule has 0 aromatic heterocycles. The van der Waals surface area contributed by atoms with Gasteiger partial charge in [-0.05, 0) is 12.5 Å². The van der Waals surface area contributed by atoms with Crippen molar-refractivity contribution < 1.29 is 4.74 Å².